The summed E-state index contributed by atoms with van der Waals surface area (Å²) in [6.07, 6.45) is 0.906. The van der Waals surface area contributed by atoms with Crippen molar-refractivity contribution in [2.24, 2.45) is 0 Å². The zero-order chi connectivity index (χ0) is 11.7. The van der Waals surface area contributed by atoms with Crippen LogP contribution in [0.2, 0.25) is 0 Å². The number of hydrogen-bond acceptors (Lipinski definition) is 3. The smallest absolute Gasteiger partial charge is 0.339 e. The van der Waals surface area contributed by atoms with Gasteiger partial charge >= 0.3 is 5.97 Å². The van der Waals surface area contributed by atoms with E-state index >= 15 is 0 Å². The lowest BCUT2D eigenvalue weighted by Gasteiger charge is -2.09. The molecule has 0 amide bonds. The van der Waals surface area contributed by atoms with Crippen LogP contribution in [-0.4, -0.2) is 23.8 Å². The van der Waals surface area contributed by atoms with Gasteiger partial charge in [0, 0.05) is 12.0 Å². The Labute approximate surface area is 93.8 Å². The van der Waals surface area contributed by atoms with Gasteiger partial charge in [0.1, 0.15) is 23.2 Å². The third kappa shape index (κ3) is 1.83. The molecule has 1 atom stereocenters. The number of carbonyl (C=O) groups is 1. The van der Waals surface area contributed by atoms with Gasteiger partial charge in [0.05, 0.1) is 6.61 Å². The van der Waals surface area contributed by atoms with Gasteiger partial charge in [-0.15, -0.1) is 0 Å². The van der Waals surface area contributed by atoms with Crippen LogP contribution in [0.4, 0.5) is 0 Å². The molecular formula is C12H14O4. The first-order chi connectivity index (χ1) is 7.61. The van der Waals surface area contributed by atoms with Crippen LogP contribution < -0.4 is 9.47 Å². The van der Waals surface area contributed by atoms with Gasteiger partial charge in [-0.3, -0.25) is 0 Å². The van der Waals surface area contributed by atoms with Crippen molar-refractivity contribution in [3.63, 3.8) is 0 Å². The molecule has 0 aliphatic carbocycles. The number of carboxylic acids is 1. The van der Waals surface area contributed by atoms with E-state index < -0.39 is 5.97 Å². The fourth-order valence-corrected chi connectivity index (χ4v) is 1.88. The van der Waals surface area contributed by atoms with Gasteiger partial charge in [-0.2, -0.15) is 0 Å². The van der Waals surface area contributed by atoms with Crippen LogP contribution in [0.3, 0.4) is 0 Å². The highest BCUT2D eigenvalue weighted by molar-refractivity contribution is 5.91. The molecule has 0 fully saturated rings. The number of carboxylic acid groups (broad SMARTS) is 1. The molecule has 1 heterocycles. The normalized spacial score (nSPS) is 17.8. The second kappa shape index (κ2) is 4.04. The van der Waals surface area contributed by atoms with Gasteiger partial charge in [0.25, 0.3) is 0 Å². The van der Waals surface area contributed by atoms with Crippen molar-refractivity contribution in [2.75, 3.05) is 6.61 Å². The monoisotopic (exact) mass is 222 g/mol. The van der Waals surface area contributed by atoms with E-state index in [1.807, 2.05) is 13.8 Å². The average molecular weight is 222 g/mol. The zero-order valence-corrected chi connectivity index (χ0v) is 9.32. The molecule has 16 heavy (non-hydrogen) atoms. The Balaban J connectivity index is 2.45. The fourth-order valence-electron chi connectivity index (χ4n) is 1.88. The van der Waals surface area contributed by atoms with Crippen molar-refractivity contribution < 1.29 is 19.4 Å². The zero-order valence-electron chi connectivity index (χ0n) is 9.32. The molecule has 86 valence electrons. The predicted molar refractivity (Wildman–Crippen MR) is 58.4 cm³/mol. The molecule has 1 aliphatic rings. The highest BCUT2D eigenvalue weighted by atomic mass is 16.5. The molecule has 0 spiro atoms. The predicted octanol–water partition coefficient (Wildman–Crippen LogP) is 2.11. The molecule has 0 unspecified atom stereocenters. The van der Waals surface area contributed by atoms with E-state index in [1.54, 1.807) is 12.1 Å². The van der Waals surface area contributed by atoms with E-state index in [4.69, 9.17) is 14.6 Å². The minimum absolute atomic E-state index is 0.105. The van der Waals surface area contributed by atoms with Gasteiger partial charge in [-0.05, 0) is 26.0 Å². The van der Waals surface area contributed by atoms with E-state index in [-0.39, 0.29) is 11.7 Å². The summed E-state index contributed by atoms with van der Waals surface area (Å²) in [5, 5.41) is 9.05. The molecule has 1 aromatic carbocycles. The van der Waals surface area contributed by atoms with E-state index in [1.165, 1.54) is 0 Å². The highest BCUT2D eigenvalue weighted by Gasteiger charge is 2.23. The molecule has 4 nitrogen and oxygen atoms in total. The topological polar surface area (TPSA) is 55.8 Å². The number of fused-ring (bicyclic) bond motifs is 1. The molecule has 4 heteroatoms. The maximum Gasteiger partial charge on any atom is 0.339 e. The van der Waals surface area contributed by atoms with Crippen molar-refractivity contribution in [3.8, 4) is 11.5 Å². The molecule has 1 N–H and O–H groups in total. The highest BCUT2D eigenvalue weighted by Crippen LogP contribution is 2.35. The molecule has 0 aromatic heterocycles. The van der Waals surface area contributed by atoms with E-state index in [2.05, 4.69) is 0 Å². The molecule has 1 aromatic rings. The first kappa shape index (κ1) is 10.8. The van der Waals surface area contributed by atoms with Crippen molar-refractivity contribution in [1.29, 1.82) is 0 Å². The van der Waals surface area contributed by atoms with Crippen LogP contribution in [-0.2, 0) is 6.42 Å². The van der Waals surface area contributed by atoms with Crippen LogP contribution in [0.1, 0.15) is 29.8 Å². The molecule has 0 saturated heterocycles. The third-order valence-electron chi connectivity index (χ3n) is 2.53. The number of rotatable bonds is 3. The number of aromatic carboxylic acids is 1. The fraction of sp³-hybridized carbons (Fsp3) is 0.417. The van der Waals surface area contributed by atoms with Crippen LogP contribution >= 0.6 is 0 Å². The van der Waals surface area contributed by atoms with E-state index in [0.717, 1.165) is 12.0 Å². The second-order valence-corrected chi connectivity index (χ2v) is 3.83. The Morgan fingerprint density at radius 3 is 3.00 bits per heavy atom. The second-order valence-electron chi connectivity index (χ2n) is 3.83. The maximum atomic E-state index is 11.0. The lowest BCUT2D eigenvalue weighted by Crippen LogP contribution is -2.05. The summed E-state index contributed by atoms with van der Waals surface area (Å²) < 4.78 is 10.8. The van der Waals surface area contributed by atoms with Gasteiger partial charge < -0.3 is 14.6 Å². The molecule has 0 saturated carbocycles. The van der Waals surface area contributed by atoms with Crippen molar-refractivity contribution >= 4 is 5.97 Å². The molecule has 0 radical (unpaired) electrons. The summed E-state index contributed by atoms with van der Waals surface area (Å²) in [6.45, 7) is 4.24. The van der Waals surface area contributed by atoms with Gasteiger partial charge in [0.15, 0.2) is 0 Å². The lowest BCUT2D eigenvalue weighted by molar-refractivity contribution is 0.0692. The Kier molecular flexibility index (Phi) is 2.73. The largest absolute Gasteiger partial charge is 0.493 e. The number of benzene rings is 1. The minimum Gasteiger partial charge on any atom is -0.493 e. The van der Waals surface area contributed by atoms with Gasteiger partial charge in [-0.1, -0.05) is 0 Å². The average Bonchev–Trinajstić information content (AvgIpc) is 2.56. The van der Waals surface area contributed by atoms with Crippen molar-refractivity contribution in [1.82, 2.24) is 0 Å². The molecule has 0 bridgehead atoms. The Morgan fingerprint density at radius 2 is 2.38 bits per heavy atom. The van der Waals surface area contributed by atoms with Crippen LogP contribution in [0, 0.1) is 0 Å². The Bertz CT molecular complexity index is 425. The Hall–Kier alpha value is -1.71. The van der Waals surface area contributed by atoms with Crippen LogP contribution in [0.15, 0.2) is 12.1 Å². The number of hydrogen-bond donors (Lipinski definition) is 1. The molecule has 1 aliphatic heterocycles. The van der Waals surface area contributed by atoms with Gasteiger partial charge in [-0.25, -0.2) is 4.79 Å². The summed E-state index contributed by atoms with van der Waals surface area (Å²) in [5.41, 5.74) is 1.18. The standard InChI is InChI=1S/C12H14O4/c1-3-15-11-5-8-4-7(2)16-10(8)6-9(11)12(13)14/h5-7H,3-4H2,1-2H3,(H,13,14)/t7-/m1/s1. The van der Waals surface area contributed by atoms with E-state index in [9.17, 15) is 4.79 Å². The van der Waals surface area contributed by atoms with Crippen LogP contribution in [0.5, 0.6) is 11.5 Å². The SMILES string of the molecule is CCOc1cc2c(cc1C(=O)O)O[C@H](C)C2. The third-order valence-corrected chi connectivity index (χ3v) is 2.53. The first-order valence-corrected chi connectivity index (χ1v) is 5.31. The lowest BCUT2D eigenvalue weighted by atomic mass is 10.1. The van der Waals surface area contributed by atoms with Crippen molar-refractivity contribution in [3.05, 3.63) is 23.3 Å². The van der Waals surface area contributed by atoms with Crippen molar-refractivity contribution in [2.45, 2.75) is 26.4 Å². The van der Waals surface area contributed by atoms with E-state index in [0.29, 0.717) is 18.1 Å². The summed E-state index contributed by atoms with van der Waals surface area (Å²) in [5.74, 6) is 0.0919. The van der Waals surface area contributed by atoms with Gasteiger partial charge in [0.2, 0.25) is 0 Å². The quantitative estimate of drug-likeness (QED) is 0.850. The summed E-state index contributed by atoms with van der Waals surface area (Å²) in [6, 6.07) is 3.32. The number of ether oxygens (including phenoxy) is 2. The first-order valence-electron chi connectivity index (χ1n) is 5.31. The minimum atomic E-state index is -0.991. The summed E-state index contributed by atoms with van der Waals surface area (Å²) >= 11 is 0. The maximum absolute atomic E-state index is 11.0. The summed E-state index contributed by atoms with van der Waals surface area (Å²) in [7, 11) is 0. The summed E-state index contributed by atoms with van der Waals surface area (Å²) in [4.78, 5) is 11.0. The molecular weight excluding hydrogens is 208 g/mol. The molecule has 2 rings (SSSR count). The Morgan fingerprint density at radius 1 is 1.62 bits per heavy atom. The van der Waals surface area contributed by atoms with Crippen LogP contribution in [0.25, 0.3) is 0 Å².